The molecule has 0 unspecified atom stereocenters. The van der Waals surface area contributed by atoms with Gasteiger partial charge in [-0.05, 0) is 42.7 Å². The number of methoxy groups -OCH3 is 1. The second kappa shape index (κ2) is 6.74. The van der Waals surface area contributed by atoms with Gasteiger partial charge in [0, 0.05) is 12.2 Å². The lowest BCUT2D eigenvalue weighted by Gasteiger charge is -2.30. The lowest BCUT2D eigenvalue weighted by molar-refractivity contribution is 0.0697. The van der Waals surface area contributed by atoms with E-state index < -0.39 is 5.97 Å². The van der Waals surface area contributed by atoms with Crippen molar-refractivity contribution in [1.82, 2.24) is 0 Å². The highest BCUT2D eigenvalue weighted by Crippen LogP contribution is 2.28. The first-order valence-electron chi connectivity index (χ1n) is 7.87. The average molecular weight is 325 g/mol. The number of fused-ring (bicyclic) bond motifs is 1. The van der Waals surface area contributed by atoms with Gasteiger partial charge in [-0.2, -0.15) is 0 Å². The lowest BCUT2D eigenvalue weighted by Crippen LogP contribution is -2.34. The van der Waals surface area contributed by atoms with E-state index in [0.717, 1.165) is 25.1 Å². The SMILES string of the molecule is COc1ccc(C(=O)O)cc1C(=O)CN1CCCc2ccccc21. The molecule has 124 valence electrons. The number of ketones is 1. The second-order valence-electron chi connectivity index (χ2n) is 5.80. The number of hydrogen-bond donors (Lipinski definition) is 1. The number of anilines is 1. The number of benzene rings is 2. The molecule has 0 amide bonds. The zero-order valence-corrected chi connectivity index (χ0v) is 13.5. The van der Waals surface area contributed by atoms with Crippen molar-refractivity contribution in [2.45, 2.75) is 12.8 Å². The molecule has 0 bridgehead atoms. The number of carbonyl (C=O) groups excluding carboxylic acids is 1. The molecule has 1 heterocycles. The van der Waals surface area contributed by atoms with Gasteiger partial charge in [-0.15, -0.1) is 0 Å². The van der Waals surface area contributed by atoms with Gasteiger partial charge in [0.2, 0.25) is 0 Å². The molecule has 2 aromatic rings. The fraction of sp³-hybridized carbons (Fsp3) is 0.263. The Labute approximate surface area is 140 Å². The largest absolute Gasteiger partial charge is 0.496 e. The summed E-state index contributed by atoms with van der Waals surface area (Å²) in [4.78, 5) is 26.0. The van der Waals surface area contributed by atoms with Crippen molar-refractivity contribution in [1.29, 1.82) is 0 Å². The molecule has 0 spiro atoms. The first-order chi connectivity index (χ1) is 11.6. The number of para-hydroxylation sites is 1. The number of aromatic carboxylic acids is 1. The summed E-state index contributed by atoms with van der Waals surface area (Å²) >= 11 is 0. The summed E-state index contributed by atoms with van der Waals surface area (Å²) in [5.41, 5.74) is 2.70. The molecule has 0 saturated carbocycles. The van der Waals surface area contributed by atoms with E-state index in [4.69, 9.17) is 9.84 Å². The number of ether oxygens (including phenoxy) is 1. The quantitative estimate of drug-likeness (QED) is 0.856. The molecule has 2 aromatic carbocycles. The van der Waals surface area contributed by atoms with E-state index in [1.807, 2.05) is 23.1 Å². The predicted octanol–water partition coefficient (Wildman–Crippen LogP) is 3.03. The smallest absolute Gasteiger partial charge is 0.335 e. The molecule has 0 saturated heterocycles. The number of rotatable bonds is 5. The zero-order valence-electron chi connectivity index (χ0n) is 13.5. The van der Waals surface area contributed by atoms with Crippen molar-refractivity contribution in [3.05, 3.63) is 59.2 Å². The number of carboxylic acids is 1. The molecule has 0 aliphatic carbocycles. The number of carbonyl (C=O) groups is 2. The van der Waals surface area contributed by atoms with Gasteiger partial charge in [0.05, 0.1) is 24.8 Å². The third-order valence-corrected chi connectivity index (χ3v) is 4.29. The molecule has 0 fully saturated rings. The van der Waals surface area contributed by atoms with Gasteiger partial charge in [-0.3, -0.25) is 4.79 Å². The van der Waals surface area contributed by atoms with Crippen LogP contribution in [0.15, 0.2) is 42.5 Å². The summed E-state index contributed by atoms with van der Waals surface area (Å²) in [6.07, 6.45) is 2.01. The first kappa shape index (κ1) is 16.1. The minimum atomic E-state index is -1.06. The molecule has 0 radical (unpaired) electrons. The minimum absolute atomic E-state index is 0.0817. The van der Waals surface area contributed by atoms with Crippen LogP contribution in [0.5, 0.6) is 5.75 Å². The Hall–Kier alpha value is -2.82. The Balaban J connectivity index is 1.88. The van der Waals surface area contributed by atoms with Crippen molar-refractivity contribution < 1.29 is 19.4 Å². The Morgan fingerprint density at radius 3 is 2.75 bits per heavy atom. The number of carboxylic acid groups (broad SMARTS) is 1. The molecule has 1 aliphatic rings. The third kappa shape index (κ3) is 3.11. The van der Waals surface area contributed by atoms with Crippen molar-refractivity contribution in [2.24, 2.45) is 0 Å². The van der Waals surface area contributed by atoms with Crippen molar-refractivity contribution in [2.75, 3.05) is 25.1 Å². The average Bonchev–Trinajstić information content (AvgIpc) is 2.61. The lowest BCUT2D eigenvalue weighted by atomic mass is 10.00. The van der Waals surface area contributed by atoms with E-state index in [0.29, 0.717) is 11.3 Å². The highest BCUT2D eigenvalue weighted by Gasteiger charge is 2.22. The molecule has 5 nitrogen and oxygen atoms in total. The third-order valence-electron chi connectivity index (χ3n) is 4.29. The fourth-order valence-electron chi connectivity index (χ4n) is 3.09. The standard InChI is InChI=1S/C19H19NO4/c1-24-18-9-8-14(19(22)23)11-15(18)17(21)12-20-10-4-6-13-5-2-3-7-16(13)20/h2-3,5,7-9,11H,4,6,10,12H2,1H3,(H,22,23). The number of Topliss-reactive ketones (excluding diaryl/α,β-unsaturated/α-hetero) is 1. The van der Waals surface area contributed by atoms with Gasteiger partial charge >= 0.3 is 5.97 Å². The monoisotopic (exact) mass is 325 g/mol. The van der Waals surface area contributed by atoms with E-state index in [-0.39, 0.29) is 17.9 Å². The molecule has 1 aliphatic heterocycles. The van der Waals surface area contributed by atoms with Gasteiger partial charge in [-0.25, -0.2) is 4.79 Å². The maximum atomic E-state index is 12.8. The molecule has 0 atom stereocenters. The van der Waals surface area contributed by atoms with E-state index in [2.05, 4.69) is 6.07 Å². The Kier molecular flexibility index (Phi) is 4.51. The maximum Gasteiger partial charge on any atom is 0.335 e. The Bertz CT molecular complexity index is 785. The van der Waals surface area contributed by atoms with E-state index >= 15 is 0 Å². The van der Waals surface area contributed by atoms with Gasteiger partial charge < -0.3 is 14.7 Å². The van der Waals surface area contributed by atoms with Crippen LogP contribution in [0, 0.1) is 0 Å². The summed E-state index contributed by atoms with van der Waals surface area (Å²) in [6.45, 7) is 1.01. The zero-order chi connectivity index (χ0) is 17.1. The Morgan fingerprint density at radius 2 is 2.00 bits per heavy atom. The summed E-state index contributed by atoms with van der Waals surface area (Å²) in [6, 6.07) is 12.4. The normalized spacial score (nSPS) is 13.3. The predicted molar refractivity (Wildman–Crippen MR) is 91.3 cm³/mol. The maximum absolute atomic E-state index is 12.8. The molecule has 0 aromatic heterocycles. The number of hydrogen-bond acceptors (Lipinski definition) is 4. The van der Waals surface area contributed by atoms with Crippen LogP contribution in [0.25, 0.3) is 0 Å². The van der Waals surface area contributed by atoms with Crippen LogP contribution in [-0.2, 0) is 6.42 Å². The van der Waals surface area contributed by atoms with Crippen molar-refractivity contribution in [3.8, 4) is 5.75 Å². The molecule has 5 heteroatoms. The van der Waals surface area contributed by atoms with Crippen LogP contribution in [0.4, 0.5) is 5.69 Å². The van der Waals surface area contributed by atoms with Gasteiger partial charge in [0.1, 0.15) is 5.75 Å². The van der Waals surface area contributed by atoms with Crippen LogP contribution < -0.4 is 9.64 Å². The van der Waals surface area contributed by atoms with Crippen LogP contribution in [-0.4, -0.2) is 37.1 Å². The van der Waals surface area contributed by atoms with E-state index in [1.54, 1.807) is 0 Å². The Morgan fingerprint density at radius 1 is 1.21 bits per heavy atom. The molecular formula is C19H19NO4. The molecule has 1 N–H and O–H groups in total. The van der Waals surface area contributed by atoms with Crippen LogP contribution in [0.1, 0.15) is 32.7 Å². The number of nitrogens with zero attached hydrogens (tertiary/aromatic N) is 1. The van der Waals surface area contributed by atoms with Crippen molar-refractivity contribution in [3.63, 3.8) is 0 Å². The topological polar surface area (TPSA) is 66.8 Å². The molecule has 3 rings (SSSR count). The summed E-state index contributed by atoms with van der Waals surface area (Å²) in [7, 11) is 1.47. The highest BCUT2D eigenvalue weighted by molar-refractivity contribution is 6.03. The summed E-state index contributed by atoms with van der Waals surface area (Å²) in [5, 5.41) is 9.14. The summed E-state index contributed by atoms with van der Waals surface area (Å²) in [5.74, 6) is -0.808. The van der Waals surface area contributed by atoms with E-state index in [1.165, 1.54) is 30.9 Å². The fourth-order valence-corrected chi connectivity index (χ4v) is 3.09. The highest BCUT2D eigenvalue weighted by atomic mass is 16.5. The van der Waals surface area contributed by atoms with Crippen LogP contribution in [0.3, 0.4) is 0 Å². The number of aryl methyl sites for hydroxylation is 1. The van der Waals surface area contributed by atoms with Crippen LogP contribution >= 0.6 is 0 Å². The van der Waals surface area contributed by atoms with Crippen LogP contribution in [0.2, 0.25) is 0 Å². The van der Waals surface area contributed by atoms with Gasteiger partial charge in [0.15, 0.2) is 5.78 Å². The minimum Gasteiger partial charge on any atom is -0.496 e. The van der Waals surface area contributed by atoms with Gasteiger partial charge in [0.25, 0.3) is 0 Å². The molecule has 24 heavy (non-hydrogen) atoms. The van der Waals surface area contributed by atoms with Gasteiger partial charge in [-0.1, -0.05) is 18.2 Å². The summed E-state index contributed by atoms with van der Waals surface area (Å²) < 4.78 is 5.23. The second-order valence-corrected chi connectivity index (χ2v) is 5.80. The van der Waals surface area contributed by atoms with Crippen molar-refractivity contribution >= 4 is 17.4 Å². The molecular weight excluding hydrogens is 306 g/mol. The van der Waals surface area contributed by atoms with E-state index in [9.17, 15) is 9.59 Å². The first-order valence-corrected chi connectivity index (χ1v) is 7.87.